The summed E-state index contributed by atoms with van der Waals surface area (Å²) in [5.74, 6) is 0.996. The van der Waals surface area contributed by atoms with E-state index in [4.69, 9.17) is 9.72 Å². The summed E-state index contributed by atoms with van der Waals surface area (Å²) in [5.41, 5.74) is 3.43. The van der Waals surface area contributed by atoms with Crippen LogP contribution in [-0.4, -0.2) is 60.8 Å². The molecule has 2 aliphatic heterocycles. The number of anilines is 1. The molecule has 0 aliphatic carbocycles. The van der Waals surface area contributed by atoms with Crippen molar-refractivity contribution in [3.05, 3.63) is 63.6 Å². The van der Waals surface area contributed by atoms with Gasteiger partial charge < -0.3 is 9.64 Å². The number of hydrogen-bond donors (Lipinski definition) is 1. The van der Waals surface area contributed by atoms with E-state index in [0.717, 1.165) is 44.8 Å². The molecule has 0 saturated carbocycles. The molecule has 0 amide bonds. The van der Waals surface area contributed by atoms with Crippen LogP contribution >= 0.6 is 0 Å². The minimum Gasteiger partial charge on any atom is -0.378 e. The highest BCUT2D eigenvalue weighted by molar-refractivity contribution is 5.52. The number of rotatable bonds is 5. The van der Waals surface area contributed by atoms with Gasteiger partial charge in [-0.3, -0.25) is 14.7 Å². The maximum Gasteiger partial charge on any atom is 0.252 e. The van der Waals surface area contributed by atoms with E-state index in [9.17, 15) is 4.79 Å². The van der Waals surface area contributed by atoms with Crippen LogP contribution in [0.5, 0.6) is 0 Å². The molecule has 148 valence electrons. The summed E-state index contributed by atoms with van der Waals surface area (Å²) in [4.78, 5) is 24.4. The molecular weight excluding hydrogens is 352 g/mol. The van der Waals surface area contributed by atoms with Gasteiger partial charge in [0.15, 0.2) is 0 Å². The Hall–Kier alpha value is -2.44. The molecule has 1 N–H and O–H groups in total. The van der Waals surface area contributed by atoms with Crippen molar-refractivity contribution in [2.24, 2.45) is 0 Å². The third-order valence-electron chi connectivity index (χ3n) is 5.44. The number of hydrogen-bond acceptors (Lipinski definition) is 5. The predicted octanol–water partition coefficient (Wildman–Crippen LogP) is 2.50. The van der Waals surface area contributed by atoms with Gasteiger partial charge in [-0.15, -0.1) is 0 Å². The Balaban J connectivity index is 1.42. The topological polar surface area (TPSA) is 61.5 Å². The third kappa shape index (κ3) is 4.69. The molecule has 1 aromatic heterocycles. The van der Waals surface area contributed by atoms with Gasteiger partial charge in [-0.1, -0.05) is 42.0 Å². The van der Waals surface area contributed by atoms with E-state index in [1.165, 1.54) is 11.1 Å². The van der Waals surface area contributed by atoms with Crippen LogP contribution < -0.4 is 10.5 Å². The van der Waals surface area contributed by atoms with Crippen molar-refractivity contribution in [1.82, 2.24) is 14.9 Å². The Morgan fingerprint density at radius 3 is 2.82 bits per heavy atom. The highest BCUT2D eigenvalue weighted by Crippen LogP contribution is 2.26. The summed E-state index contributed by atoms with van der Waals surface area (Å²) in [5, 5.41) is 0. The second kappa shape index (κ2) is 8.71. The Morgan fingerprint density at radius 2 is 2.04 bits per heavy atom. The fraction of sp³-hybridized carbons (Fsp3) is 0.455. The van der Waals surface area contributed by atoms with Crippen LogP contribution in [0.25, 0.3) is 6.08 Å². The van der Waals surface area contributed by atoms with Crippen molar-refractivity contribution in [2.45, 2.75) is 19.3 Å². The van der Waals surface area contributed by atoms with Crippen LogP contribution in [-0.2, 0) is 4.74 Å². The van der Waals surface area contributed by atoms with Gasteiger partial charge in [-0.2, -0.15) is 0 Å². The van der Waals surface area contributed by atoms with Crippen molar-refractivity contribution in [2.75, 3.05) is 50.8 Å². The maximum atomic E-state index is 12.2. The van der Waals surface area contributed by atoms with Crippen molar-refractivity contribution < 1.29 is 4.74 Å². The average molecular weight is 380 g/mol. The maximum absolute atomic E-state index is 12.2. The van der Waals surface area contributed by atoms with E-state index in [2.05, 4.69) is 52.0 Å². The lowest BCUT2D eigenvalue weighted by atomic mass is 10.0. The van der Waals surface area contributed by atoms with Crippen LogP contribution in [0.15, 0.2) is 46.8 Å². The van der Waals surface area contributed by atoms with Gasteiger partial charge in [0, 0.05) is 38.2 Å². The first-order chi connectivity index (χ1) is 13.7. The van der Waals surface area contributed by atoms with Crippen molar-refractivity contribution in [3.8, 4) is 0 Å². The normalized spacial score (nSPS) is 21.2. The zero-order valence-electron chi connectivity index (χ0n) is 16.4. The predicted molar refractivity (Wildman–Crippen MR) is 112 cm³/mol. The van der Waals surface area contributed by atoms with E-state index in [-0.39, 0.29) is 5.56 Å². The second-order valence-electron chi connectivity index (χ2n) is 7.72. The Kier molecular flexibility index (Phi) is 5.88. The van der Waals surface area contributed by atoms with Crippen molar-refractivity contribution in [1.29, 1.82) is 0 Å². The average Bonchev–Trinajstić information content (AvgIpc) is 3.17. The first-order valence-corrected chi connectivity index (χ1v) is 10.1. The van der Waals surface area contributed by atoms with Gasteiger partial charge in [0.05, 0.1) is 18.9 Å². The molecule has 1 atom stereocenters. The van der Waals surface area contributed by atoms with Crippen LogP contribution in [0.1, 0.15) is 30.5 Å². The third-order valence-corrected chi connectivity index (χ3v) is 5.44. The van der Waals surface area contributed by atoms with E-state index >= 15 is 0 Å². The molecule has 2 aromatic rings. The van der Waals surface area contributed by atoms with Crippen LogP contribution in [0.4, 0.5) is 5.95 Å². The lowest BCUT2D eigenvalue weighted by Crippen LogP contribution is -2.38. The number of benzene rings is 1. The standard InChI is InChI=1S/C22H28N4O2/c1-17(13-18-5-3-2-4-6-18)15-25-8-7-19(16-25)20-14-21(27)24-22(23-20)26-9-11-28-12-10-26/h2-6,13-14,19H,7-12,15-16H2,1H3,(H,23,24,27)/b17-13+/t19-/m1/s1. The first kappa shape index (κ1) is 18.9. The Morgan fingerprint density at radius 1 is 1.25 bits per heavy atom. The molecule has 0 radical (unpaired) electrons. The molecule has 2 fully saturated rings. The van der Waals surface area contributed by atoms with Gasteiger partial charge in [-0.05, 0) is 25.5 Å². The van der Waals surface area contributed by atoms with Crippen molar-refractivity contribution in [3.63, 3.8) is 0 Å². The Bertz CT molecular complexity index is 872. The first-order valence-electron chi connectivity index (χ1n) is 10.1. The molecule has 4 rings (SSSR count). The van der Waals surface area contributed by atoms with Gasteiger partial charge >= 0.3 is 0 Å². The summed E-state index contributed by atoms with van der Waals surface area (Å²) in [6.45, 7) is 8.01. The smallest absolute Gasteiger partial charge is 0.252 e. The number of aromatic nitrogens is 2. The largest absolute Gasteiger partial charge is 0.378 e. The summed E-state index contributed by atoms with van der Waals surface area (Å²) < 4.78 is 5.40. The number of H-pyrrole nitrogens is 1. The van der Waals surface area contributed by atoms with Gasteiger partial charge in [0.2, 0.25) is 5.95 Å². The van der Waals surface area contributed by atoms with E-state index < -0.39 is 0 Å². The molecule has 6 heteroatoms. The zero-order valence-corrected chi connectivity index (χ0v) is 16.4. The molecule has 2 saturated heterocycles. The van der Waals surface area contributed by atoms with E-state index in [0.29, 0.717) is 25.1 Å². The number of morpholine rings is 1. The quantitative estimate of drug-likeness (QED) is 0.864. The van der Waals surface area contributed by atoms with E-state index in [1.54, 1.807) is 6.07 Å². The number of nitrogens with zero attached hydrogens (tertiary/aromatic N) is 3. The molecule has 1 aromatic carbocycles. The molecule has 3 heterocycles. The minimum atomic E-state index is -0.0647. The lowest BCUT2D eigenvalue weighted by Gasteiger charge is -2.27. The van der Waals surface area contributed by atoms with E-state index in [1.807, 2.05) is 6.07 Å². The number of likely N-dealkylation sites (tertiary alicyclic amines) is 1. The SMILES string of the molecule is C/C(=C\c1ccccc1)CN1CC[C@@H](c2cc(=O)[nH]c(N3CCOCC3)n2)C1. The minimum absolute atomic E-state index is 0.0647. The van der Waals surface area contributed by atoms with Crippen LogP contribution in [0, 0.1) is 0 Å². The van der Waals surface area contributed by atoms with Gasteiger partial charge in [-0.25, -0.2) is 4.98 Å². The van der Waals surface area contributed by atoms with Crippen molar-refractivity contribution >= 4 is 12.0 Å². The molecule has 6 nitrogen and oxygen atoms in total. The summed E-state index contributed by atoms with van der Waals surface area (Å²) in [6, 6.07) is 12.1. The molecule has 28 heavy (non-hydrogen) atoms. The number of aromatic amines is 1. The fourth-order valence-corrected chi connectivity index (χ4v) is 4.05. The molecular formula is C22H28N4O2. The summed E-state index contributed by atoms with van der Waals surface area (Å²) >= 11 is 0. The zero-order chi connectivity index (χ0) is 19.3. The van der Waals surface area contributed by atoms with Crippen LogP contribution in [0.3, 0.4) is 0 Å². The Labute approximate surface area is 165 Å². The molecule has 2 aliphatic rings. The van der Waals surface area contributed by atoms with Gasteiger partial charge in [0.1, 0.15) is 0 Å². The second-order valence-corrected chi connectivity index (χ2v) is 7.72. The molecule has 0 unspecified atom stereocenters. The highest BCUT2D eigenvalue weighted by atomic mass is 16.5. The molecule has 0 spiro atoms. The summed E-state index contributed by atoms with van der Waals surface area (Å²) in [7, 11) is 0. The number of ether oxygens (including phenoxy) is 1. The van der Waals surface area contributed by atoms with Crippen LogP contribution in [0.2, 0.25) is 0 Å². The monoisotopic (exact) mass is 380 g/mol. The lowest BCUT2D eigenvalue weighted by molar-refractivity contribution is 0.122. The number of nitrogens with one attached hydrogen (secondary N) is 1. The van der Waals surface area contributed by atoms with Gasteiger partial charge in [0.25, 0.3) is 5.56 Å². The summed E-state index contributed by atoms with van der Waals surface area (Å²) in [6.07, 6.45) is 3.28. The highest BCUT2D eigenvalue weighted by Gasteiger charge is 2.26. The fourth-order valence-electron chi connectivity index (χ4n) is 4.05. The molecule has 0 bridgehead atoms.